The van der Waals surface area contributed by atoms with Gasteiger partial charge in [0.05, 0.1) is 7.11 Å². The summed E-state index contributed by atoms with van der Waals surface area (Å²) in [5, 5.41) is 0.516. The van der Waals surface area contributed by atoms with Gasteiger partial charge in [0.1, 0.15) is 16.4 Å². The predicted octanol–water partition coefficient (Wildman–Crippen LogP) is 2.95. The molecule has 1 heterocycles. The SMILES string of the molecule is COC(=O)c1c(SCc2ccc(F)cc2Cl)nc(=O)[nH]c1C. The number of benzene rings is 1. The van der Waals surface area contributed by atoms with Crippen LogP contribution < -0.4 is 5.69 Å². The van der Waals surface area contributed by atoms with Gasteiger partial charge in [-0.2, -0.15) is 4.98 Å². The molecule has 0 unspecified atom stereocenters. The Labute approximate surface area is 134 Å². The van der Waals surface area contributed by atoms with Crippen LogP contribution in [0.1, 0.15) is 21.6 Å². The van der Waals surface area contributed by atoms with E-state index < -0.39 is 17.5 Å². The third-order valence-electron chi connectivity index (χ3n) is 2.86. The fraction of sp³-hybridized carbons (Fsp3) is 0.214. The average molecular weight is 343 g/mol. The number of aromatic nitrogens is 2. The van der Waals surface area contributed by atoms with Gasteiger partial charge in [0.2, 0.25) is 0 Å². The van der Waals surface area contributed by atoms with E-state index in [4.69, 9.17) is 16.3 Å². The zero-order chi connectivity index (χ0) is 16.3. The van der Waals surface area contributed by atoms with Gasteiger partial charge >= 0.3 is 11.7 Å². The Morgan fingerprint density at radius 3 is 2.86 bits per heavy atom. The second kappa shape index (κ2) is 6.93. The van der Waals surface area contributed by atoms with E-state index >= 15 is 0 Å². The van der Waals surface area contributed by atoms with Crippen molar-refractivity contribution in [3.8, 4) is 0 Å². The van der Waals surface area contributed by atoms with Crippen molar-refractivity contribution in [2.75, 3.05) is 7.11 Å². The Morgan fingerprint density at radius 2 is 2.23 bits per heavy atom. The van der Waals surface area contributed by atoms with Gasteiger partial charge in [-0.1, -0.05) is 17.7 Å². The summed E-state index contributed by atoms with van der Waals surface area (Å²) in [4.78, 5) is 29.6. The van der Waals surface area contributed by atoms with Crippen molar-refractivity contribution in [3.63, 3.8) is 0 Å². The lowest BCUT2D eigenvalue weighted by atomic mass is 10.2. The molecule has 2 rings (SSSR count). The van der Waals surface area contributed by atoms with E-state index in [2.05, 4.69) is 9.97 Å². The molecule has 0 aliphatic heterocycles. The summed E-state index contributed by atoms with van der Waals surface area (Å²) in [6.07, 6.45) is 0. The molecule has 8 heteroatoms. The minimum absolute atomic E-state index is 0.199. The molecule has 0 saturated heterocycles. The molecule has 1 aromatic heterocycles. The molecule has 0 saturated carbocycles. The Morgan fingerprint density at radius 1 is 1.50 bits per heavy atom. The number of nitrogens with one attached hydrogen (secondary N) is 1. The number of ether oxygens (including phenoxy) is 1. The molecule has 1 N–H and O–H groups in total. The number of carbonyl (C=O) groups is 1. The van der Waals surface area contributed by atoms with Crippen LogP contribution >= 0.6 is 23.4 Å². The number of thioether (sulfide) groups is 1. The van der Waals surface area contributed by atoms with Crippen LogP contribution in [0.2, 0.25) is 5.02 Å². The van der Waals surface area contributed by atoms with Crippen molar-refractivity contribution in [1.29, 1.82) is 0 Å². The van der Waals surface area contributed by atoms with Crippen molar-refractivity contribution in [3.05, 3.63) is 56.3 Å². The monoisotopic (exact) mass is 342 g/mol. The van der Waals surface area contributed by atoms with Crippen molar-refractivity contribution < 1.29 is 13.9 Å². The Bertz CT molecular complexity index is 779. The summed E-state index contributed by atoms with van der Waals surface area (Å²) in [7, 11) is 1.25. The largest absolute Gasteiger partial charge is 0.465 e. The summed E-state index contributed by atoms with van der Waals surface area (Å²) in [6.45, 7) is 1.59. The van der Waals surface area contributed by atoms with E-state index in [1.54, 1.807) is 13.0 Å². The molecule has 5 nitrogen and oxygen atoms in total. The highest BCUT2D eigenvalue weighted by molar-refractivity contribution is 7.98. The number of hydrogen-bond donors (Lipinski definition) is 1. The maximum absolute atomic E-state index is 13.0. The van der Waals surface area contributed by atoms with Crippen LogP contribution in [0, 0.1) is 12.7 Å². The maximum Gasteiger partial charge on any atom is 0.346 e. The summed E-state index contributed by atoms with van der Waals surface area (Å²) in [6, 6.07) is 4.04. The molecule has 0 aliphatic carbocycles. The number of aryl methyl sites for hydroxylation is 1. The van der Waals surface area contributed by atoms with Crippen molar-refractivity contribution >= 4 is 29.3 Å². The molecule has 0 radical (unpaired) electrons. The number of H-pyrrole nitrogens is 1. The Kier molecular flexibility index (Phi) is 5.20. The lowest BCUT2D eigenvalue weighted by Crippen LogP contribution is -2.19. The summed E-state index contributed by atoms with van der Waals surface area (Å²) < 4.78 is 17.7. The molecule has 0 bridgehead atoms. The third-order valence-corrected chi connectivity index (χ3v) is 4.23. The Balaban J connectivity index is 2.33. The van der Waals surface area contributed by atoms with E-state index in [-0.39, 0.29) is 15.6 Å². The van der Waals surface area contributed by atoms with Crippen LogP contribution in [0.15, 0.2) is 28.0 Å². The normalized spacial score (nSPS) is 10.5. The molecule has 0 spiro atoms. The molecule has 1 aromatic carbocycles. The highest BCUT2D eigenvalue weighted by atomic mass is 35.5. The second-order valence-corrected chi connectivity index (χ2v) is 5.73. The topological polar surface area (TPSA) is 72.0 Å². The first-order valence-corrected chi connectivity index (χ1v) is 7.54. The lowest BCUT2D eigenvalue weighted by Gasteiger charge is -2.09. The molecule has 0 amide bonds. The first-order chi connectivity index (χ1) is 10.4. The zero-order valence-electron chi connectivity index (χ0n) is 11.8. The molecule has 0 fully saturated rings. The van der Waals surface area contributed by atoms with Crippen LogP contribution in [0.3, 0.4) is 0 Å². The highest BCUT2D eigenvalue weighted by Gasteiger charge is 2.18. The minimum atomic E-state index is -0.589. The van der Waals surface area contributed by atoms with Crippen LogP contribution in [0.5, 0.6) is 0 Å². The molecule has 0 atom stereocenters. The smallest absolute Gasteiger partial charge is 0.346 e. The first kappa shape index (κ1) is 16.5. The van der Waals surface area contributed by atoms with Gasteiger partial charge < -0.3 is 9.72 Å². The lowest BCUT2D eigenvalue weighted by molar-refractivity contribution is 0.0594. The summed E-state index contributed by atoms with van der Waals surface area (Å²) >= 11 is 7.11. The number of rotatable bonds is 4. The van der Waals surface area contributed by atoms with E-state index in [0.29, 0.717) is 17.0 Å². The molecule has 0 aliphatic rings. The number of methoxy groups -OCH3 is 1. The molecule has 22 heavy (non-hydrogen) atoms. The average Bonchev–Trinajstić information content (AvgIpc) is 2.45. The van der Waals surface area contributed by atoms with Crippen LogP contribution in [0.25, 0.3) is 0 Å². The number of carbonyl (C=O) groups excluding carboxylic acids is 1. The van der Waals surface area contributed by atoms with Gasteiger partial charge in [0.25, 0.3) is 0 Å². The third kappa shape index (κ3) is 3.66. The quantitative estimate of drug-likeness (QED) is 0.525. The first-order valence-electron chi connectivity index (χ1n) is 6.18. The van der Waals surface area contributed by atoms with Crippen LogP contribution in [0.4, 0.5) is 4.39 Å². The van der Waals surface area contributed by atoms with Gasteiger partial charge in [-0.05, 0) is 24.6 Å². The van der Waals surface area contributed by atoms with Crippen LogP contribution in [-0.2, 0) is 10.5 Å². The Hall–Kier alpha value is -1.86. The molecular weight excluding hydrogens is 331 g/mol. The van der Waals surface area contributed by atoms with Gasteiger partial charge in [-0.25, -0.2) is 14.0 Å². The van der Waals surface area contributed by atoms with Crippen molar-refractivity contribution in [2.24, 2.45) is 0 Å². The second-order valence-electron chi connectivity index (χ2n) is 4.36. The van der Waals surface area contributed by atoms with Crippen molar-refractivity contribution in [2.45, 2.75) is 17.7 Å². The minimum Gasteiger partial charge on any atom is -0.465 e. The standard InChI is InChI=1S/C14H12ClFN2O3S/c1-7-11(13(19)21-2)12(18-14(20)17-7)22-6-8-3-4-9(16)5-10(8)15/h3-5H,6H2,1-2H3,(H,17,18,20). The van der Waals surface area contributed by atoms with Crippen LogP contribution in [-0.4, -0.2) is 23.0 Å². The van der Waals surface area contributed by atoms with Gasteiger partial charge in [-0.15, -0.1) is 11.8 Å². The number of nitrogens with zero attached hydrogens (tertiary/aromatic N) is 1. The number of aromatic amines is 1. The highest BCUT2D eigenvalue weighted by Crippen LogP contribution is 2.28. The van der Waals surface area contributed by atoms with E-state index in [9.17, 15) is 14.0 Å². The van der Waals surface area contributed by atoms with E-state index in [0.717, 1.165) is 11.8 Å². The number of hydrogen-bond acceptors (Lipinski definition) is 5. The fourth-order valence-electron chi connectivity index (χ4n) is 1.79. The fourth-order valence-corrected chi connectivity index (χ4v) is 3.18. The summed E-state index contributed by atoms with van der Waals surface area (Å²) in [5.41, 5.74) is 0.686. The van der Waals surface area contributed by atoms with Crippen molar-refractivity contribution in [1.82, 2.24) is 9.97 Å². The predicted molar refractivity (Wildman–Crippen MR) is 81.9 cm³/mol. The van der Waals surface area contributed by atoms with E-state index in [1.165, 1.54) is 19.2 Å². The van der Waals surface area contributed by atoms with E-state index in [1.807, 2.05) is 0 Å². The number of esters is 1. The van der Waals surface area contributed by atoms with Gasteiger partial charge in [0.15, 0.2) is 0 Å². The van der Waals surface area contributed by atoms with Gasteiger partial charge in [-0.3, -0.25) is 0 Å². The summed E-state index contributed by atoms with van der Waals surface area (Å²) in [5.74, 6) is -0.688. The maximum atomic E-state index is 13.0. The molecular formula is C14H12ClFN2O3S. The molecule has 2 aromatic rings. The molecule has 116 valence electrons. The zero-order valence-corrected chi connectivity index (χ0v) is 13.3. The number of halogens is 2. The van der Waals surface area contributed by atoms with Gasteiger partial charge in [0, 0.05) is 16.5 Å².